The summed E-state index contributed by atoms with van der Waals surface area (Å²) < 4.78 is 10.3. The molecule has 56 valence electrons. The van der Waals surface area contributed by atoms with Crippen LogP contribution >= 0.6 is 11.5 Å². The van der Waals surface area contributed by atoms with Gasteiger partial charge in [0.2, 0.25) is 0 Å². The molecule has 0 amide bonds. The SMILES string of the molecule is COc1cccc2cnsc12. The minimum atomic E-state index is 0.907. The van der Waals surface area contributed by atoms with Gasteiger partial charge in [-0.3, -0.25) is 0 Å². The van der Waals surface area contributed by atoms with Gasteiger partial charge in [0.05, 0.1) is 11.8 Å². The van der Waals surface area contributed by atoms with Gasteiger partial charge in [0.25, 0.3) is 0 Å². The first-order chi connectivity index (χ1) is 5.42. The molecule has 0 unspecified atom stereocenters. The van der Waals surface area contributed by atoms with Gasteiger partial charge < -0.3 is 4.74 Å². The van der Waals surface area contributed by atoms with Crippen LogP contribution in [0, 0.1) is 0 Å². The van der Waals surface area contributed by atoms with Crippen LogP contribution in [0.3, 0.4) is 0 Å². The molecular formula is C8H7NOS. The van der Waals surface area contributed by atoms with Crippen molar-refractivity contribution in [3.8, 4) is 5.75 Å². The highest BCUT2D eigenvalue weighted by atomic mass is 32.1. The number of hydrogen-bond donors (Lipinski definition) is 0. The maximum atomic E-state index is 5.16. The van der Waals surface area contributed by atoms with Crippen molar-refractivity contribution >= 4 is 21.6 Å². The molecule has 2 rings (SSSR count). The Morgan fingerprint density at radius 3 is 3.18 bits per heavy atom. The van der Waals surface area contributed by atoms with Crippen LogP contribution in [0.1, 0.15) is 0 Å². The van der Waals surface area contributed by atoms with Crippen molar-refractivity contribution in [2.75, 3.05) is 7.11 Å². The van der Waals surface area contributed by atoms with E-state index >= 15 is 0 Å². The summed E-state index contributed by atoms with van der Waals surface area (Å²) in [6.45, 7) is 0. The molecule has 0 spiro atoms. The fourth-order valence-electron chi connectivity index (χ4n) is 1.03. The summed E-state index contributed by atoms with van der Waals surface area (Å²) in [5, 5.41) is 1.15. The molecule has 0 aliphatic rings. The Labute approximate surface area is 68.6 Å². The number of aromatic nitrogens is 1. The normalized spacial score (nSPS) is 10.3. The molecule has 0 bridgehead atoms. The summed E-state index contributed by atoms with van der Waals surface area (Å²) >= 11 is 1.46. The average molecular weight is 165 g/mol. The molecule has 1 aromatic heterocycles. The lowest BCUT2D eigenvalue weighted by molar-refractivity contribution is 0.420. The summed E-state index contributed by atoms with van der Waals surface area (Å²) in [5.74, 6) is 0.907. The molecule has 0 aliphatic heterocycles. The zero-order valence-corrected chi connectivity index (χ0v) is 6.89. The van der Waals surface area contributed by atoms with E-state index in [0.717, 1.165) is 15.8 Å². The topological polar surface area (TPSA) is 22.1 Å². The minimum absolute atomic E-state index is 0.907. The van der Waals surface area contributed by atoms with Crippen LogP contribution in [0.15, 0.2) is 24.4 Å². The first kappa shape index (κ1) is 6.61. The minimum Gasteiger partial charge on any atom is -0.495 e. The van der Waals surface area contributed by atoms with Gasteiger partial charge in [-0.25, -0.2) is 0 Å². The summed E-state index contributed by atoms with van der Waals surface area (Å²) in [4.78, 5) is 0. The first-order valence-electron chi connectivity index (χ1n) is 3.29. The van der Waals surface area contributed by atoms with E-state index in [1.165, 1.54) is 11.5 Å². The molecule has 11 heavy (non-hydrogen) atoms. The van der Waals surface area contributed by atoms with E-state index in [1.54, 1.807) is 7.11 Å². The van der Waals surface area contributed by atoms with E-state index in [4.69, 9.17) is 4.74 Å². The van der Waals surface area contributed by atoms with Crippen molar-refractivity contribution in [2.24, 2.45) is 0 Å². The Hall–Kier alpha value is -1.09. The summed E-state index contributed by atoms with van der Waals surface area (Å²) in [6, 6.07) is 5.94. The van der Waals surface area contributed by atoms with Crippen LogP contribution in [0.5, 0.6) is 5.75 Å². The van der Waals surface area contributed by atoms with Crippen molar-refractivity contribution in [3.63, 3.8) is 0 Å². The molecule has 2 aromatic rings. The number of methoxy groups -OCH3 is 1. The van der Waals surface area contributed by atoms with Crippen LogP contribution in [0.2, 0.25) is 0 Å². The Morgan fingerprint density at radius 1 is 1.45 bits per heavy atom. The monoisotopic (exact) mass is 165 g/mol. The van der Waals surface area contributed by atoms with Crippen molar-refractivity contribution in [1.82, 2.24) is 4.37 Å². The van der Waals surface area contributed by atoms with Crippen molar-refractivity contribution < 1.29 is 4.74 Å². The molecule has 2 nitrogen and oxygen atoms in total. The smallest absolute Gasteiger partial charge is 0.138 e. The largest absolute Gasteiger partial charge is 0.495 e. The van der Waals surface area contributed by atoms with Gasteiger partial charge in [-0.15, -0.1) is 0 Å². The Kier molecular flexibility index (Phi) is 1.51. The summed E-state index contributed by atoms with van der Waals surface area (Å²) in [5.41, 5.74) is 0. The predicted octanol–water partition coefficient (Wildman–Crippen LogP) is 2.30. The molecule has 0 saturated carbocycles. The van der Waals surface area contributed by atoms with Gasteiger partial charge in [-0.1, -0.05) is 12.1 Å². The number of nitrogens with zero attached hydrogens (tertiary/aromatic N) is 1. The highest BCUT2D eigenvalue weighted by Crippen LogP contribution is 2.27. The molecule has 1 aromatic carbocycles. The number of hydrogen-bond acceptors (Lipinski definition) is 3. The van der Waals surface area contributed by atoms with Crippen molar-refractivity contribution in [3.05, 3.63) is 24.4 Å². The standard InChI is InChI=1S/C8H7NOS/c1-10-7-4-2-3-6-5-9-11-8(6)7/h2-5H,1H3. The van der Waals surface area contributed by atoms with Crippen molar-refractivity contribution in [1.29, 1.82) is 0 Å². The van der Waals surface area contributed by atoms with Crippen LogP contribution < -0.4 is 4.74 Å². The van der Waals surface area contributed by atoms with E-state index in [-0.39, 0.29) is 0 Å². The fourth-order valence-corrected chi connectivity index (χ4v) is 1.77. The zero-order chi connectivity index (χ0) is 7.68. The van der Waals surface area contributed by atoms with E-state index in [0.29, 0.717) is 0 Å². The highest BCUT2D eigenvalue weighted by Gasteiger charge is 2.00. The predicted molar refractivity (Wildman–Crippen MR) is 46.2 cm³/mol. The van der Waals surface area contributed by atoms with Gasteiger partial charge in [-0.05, 0) is 17.6 Å². The maximum Gasteiger partial charge on any atom is 0.138 e. The van der Waals surface area contributed by atoms with E-state index < -0.39 is 0 Å². The second-order valence-electron chi connectivity index (χ2n) is 2.20. The van der Waals surface area contributed by atoms with Gasteiger partial charge in [-0.2, -0.15) is 4.37 Å². The average Bonchev–Trinajstić information content (AvgIpc) is 2.50. The zero-order valence-electron chi connectivity index (χ0n) is 6.07. The molecule has 1 heterocycles. The molecule has 3 heteroatoms. The van der Waals surface area contributed by atoms with Crippen molar-refractivity contribution in [2.45, 2.75) is 0 Å². The Morgan fingerprint density at radius 2 is 2.36 bits per heavy atom. The molecule has 0 atom stereocenters. The van der Waals surface area contributed by atoms with E-state index in [2.05, 4.69) is 4.37 Å². The van der Waals surface area contributed by atoms with Gasteiger partial charge in [0.15, 0.2) is 0 Å². The summed E-state index contributed by atoms with van der Waals surface area (Å²) in [7, 11) is 1.68. The Bertz CT molecular complexity index is 369. The molecule has 0 N–H and O–H groups in total. The summed E-state index contributed by atoms with van der Waals surface area (Å²) in [6.07, 6.45) is 1.85. The second kappa shape index (κ2) is 2.51. The van der Waals surface area contributed by atoms with Gasteiger partial charge >= 0.3 is 0 Å². The molecule has 0 radical (unpaired) electrons. The highest BCUT2D eigenvalue weighted by molar-refractivity contribution is 7.13. The molecule has 0 saturated heterocycles. The number of ether oxygens (including phenoxy) is 1. The third kappa shape index (κ3) is 0.973. The van der Waals surface area contributed by atoms with Crippen LogP contribution in [0.25, 0.3) is 10.1 Å². The third-order valence-electron chi connectivity index (χ3n) is 1.57. The molecular weight excluding hydrogens is 158 g/mol. The van der Waals surface area contributed by atoms with Crippen LogP contribution in [-0.4, -0.2) is 11.5 Å². The quantitative estimate of drug-likeness (QED) is 0.646. The maximum absolute atomic E-state index is 5.16. The van der Waals surface area contributed by atoms with Crippen LogP contribution in [0.4, 0.5) is 0 Å². The van der Waals surface area contributed by atoms with E-state index in [9.17, 15) is 0 Å². The van der Waals surface area contributed by atoms with E-state index in [1.807, 2.05) is 24.4 Å². The number of fused-ring (bicyclic) bond motifs is 1. The van der Waals surface area contributed by atoms with Crippen LogP contribution in [-0.2, 0) is 0 Å². The molecule has 0 aliphatic carbocycles. The lowest BCUT2D eigenvalue weighted by Gasteiger charge is -1.97. The lowest BCUT2D eigenvalue weighted by atomic mass is 10.3. The number of benzene rings is 1. The fraction of sp³-hybridized carbons (Fsp3) is 0.125. The second-order valence-corrected chi connectivity index (χ2v) is 3.01. The third-order valence-corrected chi connectivity index (χ3v) is 2.40. The molecule has 0 fully saturated rings. The number of rotatable bonds is 1. The van der Waals surface area contributed by atoms with Gasteiger partial charge in [0.1, 0.15) is 5.75 Å². The lowest BCUT2D eigenvalue weighted by Crippen LogP contribution is -1.80. The van der Waals surface area contributed by atoms with Gasteiger partial charge in [0, 0.05) is 11.6 Å². The first-order valence-corrected chi connectivity index (χ1v) is 4.06. The Balaban J connectivity index is 2.79.